The number of allylic oxidation sites excluding steroid dienone is 1. The van der Waals surface area contributed by atoms with Gasteiger partial charge >= 0.3 is 0 Å². The van der Waals surface area contributed by atoms with Gasteiger partial charge in [-0.05, 0) is 42.4 Å². The van der Waals surface area contributed by atoms with E-state index in [0.29, 0.717) is 18.3 Å². The zero-order valence-electron chi connectivity index (χ0n) is 12.5. The van der Waals surface area contributed by atoms with Gasteiger partial charge in [-0.3, -0.25) is 4.55 Å². The molecular formula is C16H23ClO3S. The third-order valence-electron chi connectivity index (χ3n) is 3.45. The Morgan fingerprint density at radius 1 is 1.19 bits per heavy atom. The molecule has 5 heteroatoms. The molecule has 118 valence electrons. The van der Waals surface area contributed by atoms with Crippen LogP contribution in [0.3, 0.4) is 0 Å². The summed E-state index contributed by atoms with van der Waals surface area (Å²) in [6.45, 7) is 4.30. The van der Waals surface area contributed by atoms with Gasteiger partial charge in [0.2, 0.25) is 0 Å². The molecule has 0 amide bonds. The van der Waals surface area contributed by atoms with Gasteiger partial charge in [0.1, 0.15) is 0 Å². The minimum absolute atomic E-state index is 0.154. The lowest BCUT2D eigenvalue weighted by Gasteiger charge is -2.16. The molecular weight excluding hydrogens is 308 g/mol. The second kappa shape index (κ2) is 8.57. The molecule has 1 aromatic carbocycles. The Hall–Kier alpha value is -0.840. The van der Waals surface area contributed by atoms with Crippen LogP contribution in [0.25, 0.3) is 6.08 Å². The summed E-state index contributed by atoms with van der Waals surface area (Å²) in [5, 5.41) is 0.720. The van der Waals surface area contributed by atoms with Crippen molar-refractivity contribution in [3.63, 3.8) is 0 Å². The SMILES string of the molecule is CC(C)[C@H](/C=C/c1ccc(Cl)cc1)CCCCS(=O)(=O)O. The summed E-state index contributed by atoms with van der Waals surface area (Å²) in [4.78, 5) is 0. The van der Waals surface area contributed by atoms with E-state index >= 15 is 0 Å². The van der Waals surface area contributed by atoms with Crippen LogP contribution < -0.4 is 0 Å². The number of rotatable bonds is 8. The quantitative estimate of drug-likeness (QED) is 0.556. The minimum Gasteiger partial charge on any atom is -0.286 e. The average molecular weight is 331 g/mol. The highest BCUT2D eigenvalue weighted by Crippen LogP contribution is 2.21. The lowest BCUT2D eigenvalue weighted by molar-refractivity contribution is 0.421. The first kappa shape index (κ1) is 18.2. The maximum atomic E-state index is 10.7. The van der Waals surface area contributed by atoms with Crippen molar-refractivity contribution in [2.45, 2.75) is 33.1 Å². The fraction of sp³-hybridized carbons (Fsp3) is 0.500. The van der Waals surface area contributed by atoms with Crippen LogP contribution >= 0.6 is 11.6 Å². The summed E-state index contributed by atoms with van der Waals surface area (Å²) in [6, 6.07) is 7.65. The molecule has 0 heterocycles. The van der Waals surface area contributed by atoms with Crippen LogP contribution in [0, 0.1) is 11.8 Å². The Morgan fingerprint density at radius 3 is 2.33 bits per heavy atom. The fourth-order valence-corrected chi connectivity index (χ4v) is 2.82. The average Bonchev–Trinajstić information content (AvgIpc) is 2.38. The lowest BCUT2D eigenvalue weighted by atomic mass is 9.90. The van der Waals surface area contributed by atoms with E-state index < -0.39 is 10.1 Å². The van der Waals surface area contributed by atoms with Crippen molar-refractivity contribution in [2.24, 2.45) is 11.8 Å². The summed E-state index contributed by atoms with van der Waals surface area (Å²) in [5.74, 6) is 0.722. The first-order chi connectivity index (χ1) is 9.78. The molecule has 0 aliphatic carbocycles. The van der Waals surface area contributed by atoms with Gasteiger partial charge in [0.15, 0.2) is 0 Å². The summed E-state index contributed by atoms with van der Waals surface area (Å²) in [7, 11) is -3.83. The zero-order valence-corrected chi connectivity index (χ0v) is 14.1. The molecule has 1 aromatic rings. The molecule has 1 N–H and O–H groups in total. The van der Waals surface area contributed by atoms with E-state index in [2.05, 4.69) is 26.0 Å². The maximum absolute atomic E-state index is 10.7. The number of hydrogen-bond acceptors (Lipinski definition) is 2. The molecule has 0 unspecified atom stereocenters. The maximum Gasteiger partial charge on any atom is 0.264 e. The van der Waals surface area contributed by atoms with Gasteiger partial charge < -0.3 is 0 Å². The Morgan fingerprint density at radius 2 is 1.81 bits per heavy atom. The van der Waals surface area contributed by atoms with Crippen molar-refractivity contribution in [3.8, 4) is 0 Å². The van der Waals surface area contributed by atoms with E-state index in [4.69, 9.17) is 16.2 Å². The van der Waals surface area contributed by atoms with E-state index in [-0.39, 0.29) is 5.75 Å². The van der Waals surface area contributed by atoms with Gasteiger partial charge in [-0.1, -0.05) is 56.2 Å². The van der Waals surface area contributed by atoms with E-state index in [1.165, 1.54) is 0 Å². The van der Waals surface area contributed by atoms with Crippen LogP contribution in [0.4, 0.5) is 0 Å². The van der Waals surface area contributed by atoms with Crippen molar-refractivity contribution in [3.05, 3.63) is 40.9 Å². The first-order valence-electron chi connectivity index (χ1n) is 7.17. The highest BCUT2D eigenvalue weighted by Gasteiger charge is 2.11. The molecule has 1 atom stereocenters. The topological polar surface area (TPSA) is 54.4 Å². The van der Waals surface area contributed by atoms with E-state index in [1.807, 2.05) is 24.3 Å². The van der Waals surface area contributed by atoms with Gasteiger partial charge in [0.25, 0.3) is 10.1 Å². The largest absolute Gasteiger partial charge is 0.286 e. The molecule has 0 saturated carbocycles. The summed E-state index contributed by atoms with van der Waals surface area (Å²) in [5.41, 5.74) is 1.10. The minimum atomic E-state index is -3.83. The number of unbranched alkanes of at least 4 members (excludes halogenated alkanes) is 1. The third-order valence-corrected chi connectivity index (χ3v) is 4.51. The number of halogens is 1. The highest BCUT2D eigenvalue weighted by atomic mass is 35.5. The summed E-state index contributed by atoms with van der Waals surface area (Å²) in [6.07, 6.45) is 6.44. The van der Waals surface area contributed by atoms with Crippen LogP contribution in [0.15, 0.2) is 30.3 Å². The monoisotopic (exact) mass is 330 g/mol. The molecule has 1 rings (SSSR count). The van der Waals surface area contributed by atoms with Crippen molar-refractivity contribution in [1.29, 1.82) is 0 Å². The predicted molar refractivity (Wildman–Crippen MR) is 89.1 cm³/mol. The van der Waals surface area contributed by atoms with E-state index in [0.717, 1.165) is 23.4 Å². The molecule has 0 aliphatic heterocycles. The van der Waals surface area contributed by atoms with Crippen molar-refractivity contribution in [1.82, 2.24) is 0 Å². The van der Waals surface area contributed by atoms with Crippen molar-refractivity contribution < 1.29 is 13.0 Å². The van der Waals surface area contributed by atoms with Crippen LogP contribution in [0.2, 0.25) is 5.02 Å². The molecule has 3 nitrogen and oxygen atoms in total. The normalized spacial score (nSPS) is 14.0. The molecule has 0 bridgehead atoms. The first-order valence-corrected chi connectivity index (χ1v) is 9.15. The van der Waals surface area contributed by atoms with E-state index in [1.54, 1.807) is 0 Å². The lowest BCUT2D eigenvalue weighted by Crippen LogP contribution is -2.08. The van der Waals surface area contributed by atoms with Crippen LogP contribution in [0.5, 0.6) is 0 Å². The van der Waals surface area contributed by atoms with Gasteiger partial charge in [0, 0.05) is 5.02 Å². The van der Waals surface area contributed by atoms with Crippen LogP contribution in [0.1, 0.15) is 38.7 Å². The van der Waals surface area contributed by atoms with Crippen molar-refractivity contribution >= 4 is 27.8 Å². The number of benzene rings is 1. The zero-order chi connectivity index (χ0) is 15.9. The molecule has 0 fully saturated rings. The fourth-order valence-electron chi connectivity index (χ4n) is 2.12. The Bertz CT molecular complexity index is 547. The molecule has 0 saturated heterocycles. The predicted octanol–water partition coefficient (Wildman–Crippen LogP) is 4.68. The van der Waals surface area contributed by atoms with Crippen LogP contribution in [-0.4, -0.2) is 18.7 Å². The molecule has 0 aromatic heterocycles. The van der Waals surface area contributed by atoms with Gasteiger partial charge in [-0.15, -0.1) is 0 Å². The standard InChI is InChI=1S/C16H23ClO3S/c1-13(2)15(5-3-4-12-21(18,19)20)9-6-14-7-10-16(17)11-8-14/h6-11,13,15H,3-5,12H2,1-2H3,(H,18,19,20)/b9-6+/t15-/m0/s1. The van der Waals surface area contributed by atoms with Crippen LogP contribution in [-0.2, 0) is 10.1 Å². The second-order valence-electron chi connectivity index (χ2n) is 5.60. The molecule has 0 radical (unpaired) electrons. The van der Waals surface area contributed by atoms with Gasteiger partial charge in [-0.2, -0.15) is 8.42 Å². The second-order valence-corrected chi connectivity index (χ2v) is 7.61. The Kier molecular flexibility index (Phi) is 7.43. The van der Waals surface area contributed by atoms with Gasteiger partial charge in [0.05, 0.1) is 5.75 Å². The van der Waals surface area contributed by atoms with E-state index in [9.17, 15) is 8.42 Å². The number of hydrogen-bond donors (Lipinski definition) is 1. The highest BCUT2D eigenvalue weighted by molar-refractivity contribution is 7.85. The Balaban J connectivity index is 2.51. The van der Waals surface area contributed by atoms with Crippen molar-refractivity contribution in [2.75, 3.05) is 5.75 Å². The molecule has 21 heavy (non-hydrogen) atoms. The summed E-state index contributed by atoms with van der Waals surface area (Å²) >= 11 is 5.85. The van der Waals surface area contributed by atoms with Gasteiger partial charge in [-0.25, -0.2) is 0 Å². The Labute approximate surface area is 132 Å². The molecule has 0 aliphatic rings. The third kappa shape index (κ3) is 8.24. The summed E-state index contributed by atoms with van der Waals surface area (Å²) < 4.78 is 30.1. The molecule has 0 spiro atoms. The smallest absolute Gasteiger partial charge is 0.264 e.